The summed E-state index contributed by atoms with van der Waals surface area (Å²) >= 11 is 3.56. The Kier molecular flexibility index (Phi) is 3.57. The van der Waals surface area contributed by atoms with Crippen molar-refractivity contribution in [3.8, 4) is 0 Å². The average Bonchev–Trinajstić information content (AvgIpc) is 2.29. The van der Waals surface area contributed by atoms with Gasteiger partial charge in [-0.2, -0.15) is 0 Å². The first kappa shape index (κ1) is 11.1. The van der Waals surface area contributed by atoms with Gasteiger partial charge in [-0.25, -0.2) is 4.98 Å². The van der Waals surface area contributed by atoms with Gasteiger partial charge in [0.05, 0.1) is 0 Å². The summed E-state index contributed by atoms with van der Waals surface area (Å²) in [7, 11) is 0. The van der Waals surface area contributed by atoms with Crippen LogP contribution >= 0.6 is 15.9 Å². The molecule has 0 spiro atoms. The first-order chi connectivity index (χ1) is 7.75. The van der Waals surface area contributed by atoms with Gasteiger partial charge in [-0.05, 0) is 36.2 Å². The highest BCUT2D eigenvalue weighted by Gasteiger charge is 1.99. The number of aryl methyl sites for hydroxylation is 1. The van der Waals surface area contributed by atoms with Crippen LogP contribution in [-0.4, -0.2) is 4.98 Å². The second-order valence-corrected chi connectivity index (χ2v) is 4.52. The minimum absolute atomic E-state index is 0.776. The lowest BCUT2D eigenvalue weighted by Crippen LogP contribution is -2.01. The second kappa shape index (κ2) is 5.12. The Morgan fingerprint density at radius 1 is 1.25 bits per heavy atom. The zero-order valence-corrected chi connectivity index (χ0v) is 10.7. The molecule has 0 bridgehead atoms. The van der Waals surface area contributed by atoms with Gasteiger partial charge in [0.15, 0.2) is 0 Å². The molecule has 16 heavy (non-hydrogen) atoms. The van der Waals surface area contributed by atoms with E-state index in [-0.39, 0.29) is 0 Å². The Hall–Kier alpha value is -1.35. The van der Waals surface area contributed by atoms with Crippen LogP contribution in [0.4, 0.5) is 5.82 Å². The Bertz CT molecular complexity index is 469. The van der Waals surface area contributed by atoms with Crippen LogP contribution < -0.4 is 5.32 Å². The Morgan fingerprint density at radius 3 is 2.81 bits per heavy atom. The smallest absolute Gasteiger partial charge is 0.126 e. The summed E-state index contributed by atoms with van der Waals surface area (Å²) in [6, 6.07) is 12.2. The fourth-order valence-corrected chi connectivity index (χ4v) is 2.08. The Morgan fingerprint density at radius 2 is 2.12 bits per heavy atom. The van der Waals surface area contributed by atoms with Gasteiger partial charge < -0.3 is 5.32 Å². The molecule has 3 heteroatoms. The van der Waals surface area contributed by atoms with Gasteiger partial charge in [-0.3, -0.25) is 0 Å². The lowest BCUT2D eigenvalue weighted by molar-refractivity contribution is 1.10. The minimum Gasteiger partial charge on any atom is -0.366 e. The SMILES string of the molecule is Cc1ccc(CNc2ccccn2)c(Br)c1. The van der Waals surface area contributed by atoms with Crippen LogP contribution in [-0.2, 0) is 6.54 Å². The van der Waals surface area contributed by atoms with Gasteiger partial charge in [0, 0.05) is 17.2 Å². The fraction of sp³-hybridized carbons (Fsp3) is 0.154. The minimum atomic E-state index is 0.776. The molecule has 2 aromatic rings. The molecule has 0 aliphatic rings. The van der Waals surface area contributed by atoms with Crippen LogP contribution in [0.3, 0.4) is 0 Å². The third-order valence-electron chi connectivity index (χ3n) is 2.33. The quantitative estimate of drug-likeness (QED) is 0.923. The molecule has 0 aliphatic heterocycles. The zero-order valence-electron chi connectivity index (χ0n) is 9.07. The van der Waals surface area contributed by atoms with Gasteiger partial charge in [-0.1, -0.05) is 34.1 Å². The van der Waals surface area contributed by atoms with Crippen LogP contribution in [0.15, 0.2) is 47.1 Å². The van der Waals surface area contributed by atoms with E-state index in [1.54, 1.807) is 6.20 Å². The summed E-state index contributed by atoms with van der Waals surface area (Å²) in [5, 5.41) is 3.28. The van der Waals surface area contributed by atoms with Crippen molar-refractivity contribution in [3.63, 3.8) is 0 Å². The van der Waals surface area contributed by atoms with E-state index in [0.717, 1.165) is 16.8 Å². The van der Waals surface area contributed by atoms with Crippen molar-refractivity contribution in [2.75, 3.05) is 5.32 Å². The summed E-state index contributed by atoms with van der Waals surface area (Å²) < 4.78 is 1.14. The lowest BCUT2D eigenvalue weighted by Gasteiger charge is -2.07. The van der Waals surface area contributed by atoms with E-state index in [1.165, 1.54) is 11.1 Å². The van der Waals surface area contributed by atoms with Crippen molar-refractivity contribution in [3.05, 3.63) is 58.2 Å². The number of halogens is 1. The normalized spacial score (nSPS) is 10.1. The number of aromatic nitrogens is 1. The molecule has 82 valence electrons. The molecule has 1 heterocycles. The monoisotopic (exact) mass is 276 g/mol. The topological polar surface area (TPSA) is 24.9 Å². The van der Waals surface area contributed by atoms with E-state index in [2.05, 4.69) is 51.4 Å². The fourth-order valence-electron chi connectivity index (χ4n) is 1.45. The van der Waals surface area contributed by atoms with E-state index in [1.807, 2.05) is 18.2 Å². The highest BCUT2D eigenvalue weighted by atomic mass is 79.9. The van der Waals surface area contributed by atoms with Crippen molar-refractivity contribution < 1.29 is 0 Å². The van der Waals surface area contributed by atoms with Gasteiger partial charge >= 0.3 is 0 Å². The lowest BCUT2D eigenvalue weighted by atomic mass is 10.1. The standard InChI is InChI=1S/C13H13BrN2/c1-10-5-6-11(12(14)8-10)9-16-13-4-2-3-7-15-13/h2-8H,9H2,1H3,(H,15,16). The largest absolute Gasteiger partial charge is 0.366 e. The number of anilines is 1. The van der Waals surface area contributed by atoms with E-state index in [0.29, 0.717) is 0 Å². The summed E-state index contributed by atoms with van der Waals surface area (Å²) in [6.45, 7) is 2.86. The van der Waals surface area contributed by atoms with Crippen molar-refractivity contribution in [2.45, 2.75) is 13.5 Å². The second-order valence-electron chi connectivity index (χ2n) is 3.66. The molecule has 0 aliphatic carbocycles. The predicted octanol–water partition coefficient (Wildman–Crippen LogP) is 3.76. The van der Waals surface area contributed by atoms with Crippen LogP contribution in [0.2, 0.25) is 0 Å². The third kappa shape index (κ3) is 2.83. The molecular formula is C13H13BrN2. The van der Waals surface area contributed by atoms with E-state index >= 15 is 0 Å². The van der Waals surface area contributed by atoms with Crippen molar-refractivity contribution >= 4 is 21.7 Å². The first-order valence-electron chi connectivity index (χ1n) is 5.15. The number of rotatable bonds is 3. The first-order valence-corrected chi connectivity index (χ1v) is 5.95. The average molecular weight is 277 g/mol. The number of hydrogen-bond donors (Lipinski definition) is 1. The zero-order chi connectivity index (χ0) is 11.4. The molecular weight excluding hydrogens is 264 g/mol. The highest BCUT2D eigenvalue weighted by Crippen LogP contribution is 2.19. The van der Waals surface area contributed by atoms with Gasteiger partial charge in [0.25, 0.3) is 0 Å². The van der Waals surface area contributed by atoms with Crippen LogP contribution in [0, 0.1) is 6.92 Å². The molecule has 2 nitrogen and oxygen atoms in total. The molecule has 0 atom stereocenters. The molecule has 0 unspecified atom stereocenters. The maximum absolute atomic E-state index is 4.21. The molecule has 1 N–H and O–H groups in total. The van der Waals surface area contributed by atoms with E-state index in [4.69, 9.17) is 0 Å². The molecule has 0 radical (unpaired) electrons. The molecule has 0 amide bonds. The Balaban J connectivity index is 2.05. The van der Waals surface area contributed by atoms with Gasteiger partial charge in [0.2, 0.25) is 0 Å². The van der Waals surface area contributed by atoms with Crippen LogP contribution in [0.25, 0.3) is 0 Å². The third-order valence-corrected chi connectivity index (χ3v) is 3.07. The summed E-state index contributed by atoms with van der Waals surface area (Å²) in [4.78, 5) is 4.21. The molecule has 1 aromatic heterocycles. The molecule has 0 fully saturated rings. The van der Waals surface area contributed by atoms with Crippen molar-refractivity contribution in [2.24, 2.45) is 0 Å². The highest BCUT2D eigenvalue weighted by molar-refractivity contribution is 9.10. The number of nitrogens with zero attached hydrogens (tertiary/aromatic N) is 1. The van der Waals surface area contributed by atoms with Crippen molar-refractivity contribution in [1.29, 1.82) is 0 Å². The van der Waals surface area contributed by atoms with E-state index in [9.17, 15) is 0 Å². The predicted molar refractivity (Wildman–Crippen MR) is 70.4 cm³/mol. The van der Waals surface area contributed by atoms with Crippen molar-refractivity contribution in [1.82, 2.24) is 4.98 Å². The number of hydrogen-bond acceptors (Lipinski definition) is 2. The Labute approximate surface area is 104 Å². The van der Waals surface area contributed by atoms with Crippen LogP contribution in [0.1, 0.15) is 11.1 Å². The molecule has 0 saturated heterocycles. The number of pyridine rings is 1. The maximum Gasteiger partial charge on any atom is 0.126 e. The van der Waals surface area contributed by atoms with E-state index < -0.39 is 0 Å². The number of nitrogens with one attached hydrogen (secondary N) is 1. The summed E-state index contributed by atoms with van der Waals surface area (Å²) in [5.41, 5.74) is 2.49. The summed E-state index contributed by atoms with van der Waals surface area (Å²) in [5.74, 6) is 0.898. The van der Waals surface area contributed by atoms with Gasteiger partial charge in [0.1, 0.15) is 5.82 Å². The molecule has 1 aromatic carbocycles. The summed E-state index contributed by atoms with van der Waals surface area (Å²) in [6.07, 6.45) is 1.78. The van der Waals surface area contributed by atoms with Crippen LogP contribution in [0.5, 0.6) is 0 Å². The maximum atomic E-state index is 4.21. The number of benzene rings is 1. The molecule has 2 rings (SSSR count). The molecule has 0 saturated carbocycles. The van der Waals surface area contributed by atoms with Gasteiger partial charge in [-0.15, -0.1) is 0 Å².